The van der Waals surface area contributed by atoms with Crippen molar-refractivity contribution in [1.82, 2.24) is 4.57 Å². The molecule has 0 atom stereocenters. The van der Waals surface area contributed by atoms with Gasteiger partial charge in [-0.05, 0) is 33.3 Å². The molecule has 1 rings (SSSR count). The Morgan fingerprint density at radius 3 is 2.41 bits per heavy atom. The van der Waals surface area contributed by atoms with Crippen LogP contribution in [-0.4, -0.2) is 21.9 Å². The molecular weight excluding hydrogens is 218 g/mol. The first-order valence-corrected chi connectivity index (χ1v) is 5.67. The number of aromatic nitrogens is 1. The molecule has 17 heavy (non-hydrogen) atoms. The van der Waals surface area contributed by atoms with Crippen molar-refractivity contribution in [2.24, 2.45) is 7.05 Å². The SMILES string of the molecule is CCC(C)(C)OC(=O)c1cc(C(C)=O)cn1C. The van der Waals surface area contributed by atoms with E-state index in [2.05, 4.69) is 0 Å². The molecule has 0 unspecified atom stereocenters. The Hall–Kier alpha value is -1.58. The summed E-state index contributed by atoms with van der Waals surface area (Å²) < 4.78 is 6.99. The van der Waals surface area contributed by atoms with Gasteiger partial charge in [0.25, 0.3) is 0 Å². The van der Waals surface area contributed by atoms with Crippen molar-refractivity contribution in [1.29, 1.82) is 0 Å². The zero-order chi connectivity index (χ0) is 13.2. The quantitative estimate of drug-likeness (QED) is 0.597. The number of Topliss-reactive ketones (excluding diaryl/α,β-unsaturated/α-hetero) is 1. The highest BCUT2D eigenvalue weighted by Crippen LogP contribution is 2.17. The van der Waals surface area contributed by atoms with Crippen molar-refractivity contribution in [3.63, 3.8) is 0 Å². The fourth-order valence-electron chi connectivity index (χ4n) is 1.34. The topological polar surface area (TPSA) is 48.3 Å². The summed E-state index contributed by atoms with van der Waals surface area (Å²) in [6.07, 6.45) is 2.38. The molecule has 1 aromatic rings. The van der Waals surface area contributed by atoms with Crippen LogP contribution >= 0.6 is 0 Å². The molecule has 0 bridgehead atoms. The van der Waals surface area contributed by atoms with Crippen molar-refractivity contribution >= 4 is 11.8 Å². The smallest absolute Gasteiger partial charge is 0.355 e. The largest absolute Gasteiger partial charge is 0.455 e. The Labute approximate surface area is 102 Å². The molecule has 1 heterocycles. The first-order chi connectivity index (χ1) is 7.76. The van der Waals surface area contributed by atoms with Gasteiger partial charge in [0.2, 0.25) is 0 Å². The Morgan fingerprint density at radius 1 is 1.41 bits per heavy atom. The summed E-state index contributed by atoms with van der Waals surface area (Å²) in [7, 11) is 1.72. The van der Waals surface area contributed by atoms with Gasteiger partial charge in [0.1, 0.15) is 11.3 Å². The lowest BCUT2D eigenvalue weighted by molar-refractivity contribution is -0.00343. The van der Waals surface area contributed by atoms with Gasteiger partial charge in [-0.25, -0.2) is 4.79 Å². The second-order valence-electron chi connectivity index (χ2n) is 4.78. The summed E-state index contributed by atoms with van der Waals surface area (Å²) in [5.74, 6) is -0.457. The average molecular weight is 237 g/mol. The fraction of sp³-hybridized carbons (Fsp3) is 0.538. The summed E-state index contributed by atoms with van der Waals surface area (Å²) in [6.45, 7) is 7.15. The highest BCUT2D eigenvalue weighted by molar-refractivity contribution is 5.97. The van der Waals surface area contributed by atoms with Crippen LogP contribution in [-0.2, 0) is 11.8 Å². The van der Waals surface area contributed by atoms with E-state index in [4.69, 9.17) is 4.74 Å². The number of ketones is 1. The van der Waals surface area contributed by atoms with Crippen LogP contribution in [0.1, 0.15) is 55.0 Å². The summed E-state index contributed by atoms with van der Waals surface area (Å²) in [6, 6.07) is 1.57. The van der Waals surface area contributed by atoms with Crippen LogP contribution < -0.4 is 0 Å². The van der Waals surface area contributed by atoms with Gasteiger partial charge >= 0.3 is 5.97 Å². The highest BCUT2D eigenvalue weighted by Gasteiger charge is 2.23. The van der Waals surface area contributed by atoms with Crippen molar-refractivity contribution in [2.45, 2.75) is 39.7 Å². The van der Waals surface area contributed by atoms with Crippen LogP contribution in [0.4, 0.5) is 0 Å². The number of carbonyl (C=O) groups is 2. The monoisotopic (exact) mass is 237 g/mol. The molecule has 0 aromatic carbocycles. The zero-order valence-corrected chi connectivity index (χ0v) is 11.0. The maximum Gasteiger partial charge on any atom is 0.355 e. The number of nitrogens with zero attached hydrogens (tertiary/aromatic N) is 1. The number of aryl methyl sites for hydroxylation is 1. The summed E-state index contributed by atoms with van der Waals surface area (Å²) in [5, 5.41) is 0. The van der Waals surface area contributed by atoms with Gasteiger partial charge < -0.3 is 9.30 Å². The van der Waals surface area contributed by atoms with Gasteiger partial charge in [0.05, 0.1) is 0 Å². The van der Waals surface area contributed by atoms with Crippen LogP contribution in [0.5, 0.6) is 0 Å². The molecule has 4 nitrogen and oxygen atoms in total. The molecule has 0 saturated carbocycles. The molecule has 1 aromatic heterocycles. The lowest BCUT2D eigenvalue weighted by atomic mass is 10.1. The van der Waals surface area contributed by atoms with E-state index in [0.717, 1.165) is 6.42 Å². The predicted molar refractivity (Wildman–Crippen MR) is 65.2 cm³/mol. The molecule has 0 amide bonds. The van der Waals surface area contributed by atoms with Gasteiger partial charge in [0.15, 0.2) is 5.78 Å². The Kier molecular flexibility index (Phi) is 3.76. The third kappa shape index (κ3) is 3.19. The molecule has 0 aliphatic rings. The number of ether oxygens (including phenoxy) is 1. The van der Waals surface area contributed by atoms with E-state index in [9.17, 15) is 9.59 Å². The Balaban J connectivity index is 2.93. The molecule has 0 spiro atoms. The number of carbonyl (C=O) groups excluding carboxylic acids is 2. The second-order valence-corrected chi connectivity index (χ2v) is 4.78. The fourth-order valence-corrected chi connectivity index (χ4v) is 1.34. The molecule has 4 heteroatoms. The zero-order valence-electron chi connectivity index (χ0n) is 11.0. The van der Waals surface area contributed by atoms with Crippen molar-refractivity contribution in [2.75, 3.05) is 0 Å². The lowest BCUT2D eigenvalue weighted by Crippen LogP contribution is -2.27. The van der Waals surface area contributed by atoms with E-state index in [0.29, 0.717) is 11.3 Å². The third-order valence-corrected chi connectivity index (χ3v) is 2.84. The normalized spacial score (nSPS) is 11.4. The Morgan fingerprint density at radius 2 is 2.00 bits per heavy atom. The third-order valence-electron chi connectivity index (χ3n) is 2.84. The van der Waals surface area contributed by atoms with Crippen molar-refractivity contribution in [3.05, 3.63) is 23.5 Å². The van der Waals surface area contributed by atoms with E-state index in [-0.39, 0.29) is 5.78 Å². The van der Waals surface area contributed by atoms with Crippen molar-refractivity contribution < 1.29 is 14.3 Å². The average Bonchev–Trinajstić information content (AvgIpc) is 2.60. The van der Waals surface area contributed by atoms with Crippen LogP contribution in [0.25, 0.3) is 0 Å². The molecule has 0 saturated heterocycles. The summed E-state index contributed by atoms with van der Waals surface area (Å²) >= 11 is 0. The van der Waals surface area contributed by atoms with E-state index < -0.39 is 11.6 Å². The van der Waals surface area contributed by atoms with Gasteiger partial charge in [-0.15, -0.1) is 0 Å². The minimum absolute atomic E-state index is 0.0607. The van der Waals surface area contributed by atoms with E-state index in [1.165, 1.54) is 6.92 Å². The van der Waals surface area contributed by atoms with E-state index >= 15 is 0 Å². The number of esters is 1. The molecular formula is C13H19NO3. The van der Waals surface area contributed by atoms with Crippen LogP contribution in [0.2, 0.25) is 0 Å². The molecule has 94 valence electrons. The Bertz CT molecular complexity index is 444. The predicted octanol–water partition coefficient (Wildman–Crippen LogP) is 2.57. The van der Waals surface area contributed by atoms with Crippen LogP contribution in [0, 0.1) is 0 Å². The van der Waals surface area contributed by atoms with Gasteiger partial charge in [-0.3, -0.25) is 4.79 Å². The minimum Gasteiger partial charge on any atom is -0.455 e. The van der Waals surface area contributed by atoms with Gasteiger partial charge in [0, 0.05) is 18.8 Å². The molecule has 0 fully saturated rings. The standard InChI is InChI=1S/C13H19NO3/c1-6-13(3,4)17-12(16)11-7-10(9(2)15)8-14(11)5/h7-8H,6H2,1-5H3. The van der Waals surface area contributed by atoms with Crippen LogP contribution in [0.15, 0.2) is 12.3 Å². The van der Waals surface area contributed by atoms with E-state index in [1.54, 1.807) is 23.9 Å². The molecule has 0 aliphatic heterocycles. The minimum atomic E-state index is -0.488. The van der Waals surface area contributed by atoms with Crippen LogP contribution in [0.3, 0.4) is 0 Å². The van der Waals surface area contributed by atoms with Gasteiger partial charge in [-0.1, -0.05) is 6.92 Å². The van der Waals surface area contributed by atoms with Crippen molar-refractivity contribution in [3.8, 4) is 0 Å². The molecule has 0 aliphatic carbocycles. The number of hydrogen-bond acceptors (Lipinski definition) is 3. The maximum absolute atomic E-state index is 11.9. The first-order valence-electron chi connectivity index (χ1n) is 5.67. The number of rotatable bonds is 4. The molecule has 0 radical (unpaired) electrons. The van der Waals surface area contributed by atoms with E-state index in [1.807, 2.05) is 20.8 Å². The molecule has 0 N–H and O–H groups in total. The summed E-state index contributed by atoms with van der Waals surface area (Å²) in [4.78, 5) is 23.1. The number of hydrogen-bond donors (Lipinski definition) is 0. The first kappa shape index (κ1) is 13.5. The second kappa shape index (κ2) is 4.73. The highest BCUT2D eigenvalue weighted by atomic mass is 16.6. The lowest BCUT2D eigenvalue weighted by Gasteiger charge is -2.23. The maximum atomic E-state index is 11.9. The van der Waals surface area contributed by atoms with Gasteiger partial charge in [-0.2, -0.15) is 0 Å². The summed E-state index contributed by atoms with van der Waals surface area (Å²) in [5.41, 5.74) is 0.433.